The lowest BCUT2D eigenvalue weighted by Gasteiger charge is -2.25. The van der Waals surface area contributed by atoms with Gasteiger partial charge in [-0.05, 0) is 60.9 Å². The van der Waals surface area contributed by atoms with Gasteiger partial charge in [-0.2, -0.15) is 4.31 Å². The van der Waals surface area contributed by atoms with Crippen LogP contribution in [0.2, 0.25) is 10.0 Å². The van der Waals surface area contributed by atoms with Crippen molar-refractivity contribution in [2.24, 2.45) is 0 Å². The number of ether oxygens (including phenoxy) is 1. The van der Waals surface area contributed by atoms with Crippen molar-refractivity contribution in [3.05, 3.63) is 88.2 Å². The fraction of sp³-hybridized carbons (Fsp3) is 0.269. The molecule has 1 saturated heterocycles. The molecule has 1 fully saturated rings. The number of pyridine rings is 1. The van der Waals surface area contributed by atoms with Gasteiger partial charge >= 0.3 is 5.97 Å². The lowest BCUT2D eigenvalue weighted by atomic mass is 10.1. The molecule has 38 heavy (non-hydrogen) atoms. The molecule has 1 aliphatic heterocycles. The zero-order valence-corrected chi connectivity index (χ0v) is 22.4. The Morgan fingerprint density at radius 1 is 1.11 bits per heavy atom. The van der Waals surface area contributed by atoms with Crippen molar-refractivity contribution < 1.29 is 27.9 Å². The predicted octanol–water partition coefficient (Wildman–Crippen LogP) is 3.93. The van der Waals surface area contributed by atoms with Crippen LogP contribution in [0.15, 0.2) is 71.8 Å². The highest BCUT2D eigenvalue weighted by Crippen LogP contribution is 2.30. The third-order valence-corrected chi connectivity index (χ3v) is 8.36. The van der Waals surface area contributed by atoms with E-state index in [-0.39, 0.29) is 40.9 Å². The third-order valence-electron chi connectivity index (χ3n) is 6.04. The average Bonchev–Trinajstić information content (AvgIpc) is 3.39. The molecule has 12 heteroatoms. The van der Waals surface area contributed by atoms with Gasteiger partial charge in [0.1, 0.15) is 24.4 Å². The van der Waals surface area contributed by atoms with Crippen LogP contribution in [-0.4, -0.2) is 53.3 Å². The van der Waals surface area contributed by atoms with E-state index in [1.54, 1.807) is 30.5 Å². The van der Waals surface area contributed by atoms with E-state index in [0.717, 1.165) is 10.00 Å². The summed E-state index contributed by atoms with van der Waals surface area (Å²) < 4.78 is 33.2. The molecule has 2 aromatic carbocycles. The highest BCUT2D eigenvalue weighted by Gasteiger charge is 2.40. The summed E-state index contributed by atoms with van der Waals surface area (Å²) in [4.78, 5) is 29.1. The molecule has 0 radical (unpaired) electrons. The van der Waals surface area contributed by atoms with E-state index in [2.05, 4.69) is 10.3 Å². The highest BCUT2D eigenvalue weighted by molar-refractivity contribution is 7.89. The van der Waals surface area contributed by atoms with E-state index in [1.165, 1.54) is 18.2 Å². The molecule has 1 aliphatic rings. The van der Waals surface area contributed by atoms with Crippen molar-refractivity contribution in [1.82, 2.24) is 14.6 Å². The molecule has 0 aliphatic carbocycles. The summed E-state index contributed by atoms with van der Waals surface area (Å²) in [5, 5.41) is 12.6. The molecule has 3 aromatic rings. The van der Waals surface area contributed by atoms with Gasteiger partial charge in [0.25, 0.3) is 0 Å². The van der Waals surface area contributed by atoms with Gasteiger partial charge in [0.05, 0.1) is 10.6 Å². The summed E-state index contributed by atoms with van der Waals surface area (Å²) in [7, 11) is -4.09. The molecule has 2 N–H and O–H groups in total. The maximum Gasteiger partial charge on any atom is 0.326 e. The van der Waals surface area contributed by atoms with Gasteiger partial charge in [-0.1, -0.05) is 41.4 Å². The Balaban J connectivity index is 1.41. The standard InChI is InChI=1S/C26H25Cl2N3O6S/c27-18-13-19(28)15-22(14-18)38(35,36)31-11-3-5-24(31)25(32)30-23(26(33)34)12-17-6-8-21(9-7-17)37-16-20-4-1-2-10-29-20/h1-2,4,6-10,13-15,23-24H,3,5,11-12,16H2,(H,30,32)(H,33,34)/t23-,24-/m0/s1. The van der Waals surface area contributed by atoms with Crippen LogP contribution in [-0.2, 0) is 32.6 Å². The Hall–Kier alpha value is -3.18. The largest absolute Gasteiger partial charge is 0.487 e. The minimum absolute atomic E-state index is 0.00493. The Morgan fingerprint density at radius 2 is 1.82 bits per heavy atom. The number of hydrogen-bond donors (Lipinski definition) is 2. The zero-order chi connectivity index (χ0) is 27.3. The molecular weight excluding hydrogens is 553 g/mol. The molecule has 4 rings (SSSR count). The number of carbonyl (C=O) groups excluding carboxylic acids is 1. The van der Waals surface area contributed by atoms with Crippen molar-refractivity contribution in [3.63, 3.8) is 0 Å². The van der Waals surface area contributed by atoms with E-state index in [4.69, 9.17) is 27.9 Å². The molecular formula is C26H25Cl2N3O6S. The molecule has 1 amide bonds. The summed E-state index contributed by atoms with van der Waals surface area (Å²) in [6.07, 6.45) is 2.39. The molecule has 2 atom stereocenters. The number of aliphatic carboxylic acids is 1. The first-order valence-corrected chi connectivity index (χ1v) is 14.0. The van der Waals surface area contributed by atoms with E-state index in [0.29, 0.717) is 17.7 Å². The Labute approximate surface area is 230 Å². The van der Waals surface area contributed by atoms with Crippen molar-refractivity contribution in [3.8, 4) is 5.75 Å². The van der Waals surface area contributed by atoms with E-state index >= 15 is 0 Å². The number of benzene rings is 2. The second-order valence-electron chi connectivity index (χ2n) is 8.74. The van der Waals surface area contributed by atoms with Crippen LogP contribution in [0.5, 0.6) is 5.75 Å². The number of nitrogens with one attached hydrogen (secondary N) is 1. The van der Waals surface area contributed by atoms with Crippen LogP contribution in [0.1, 0.15) is 24.1 Å². The second kappa shape index (κ2) is 12.1. The van der Waals surface area contributed by atoms with Crippen molar-refractivity contribution in [1.29, 1.82) is 0 Å². The first-order valence-electron chi connectivity index (χ1n) is 11.8. The number of rotatable bonds is 10. The maximum absolute atomic E-state index is 13.2. The highest BCUT2D eigenvalue weighted by atomic mass is 35.5. The Morgan fingerprint density at radius 3 is 2.45 bits per heavy atom. The predicted molar refractivity (Wildman–Crippen MR) is 142 cm³/mol. The SMILES string of the molecule is O=C(O)[C@H](Cc1ccc(OCc2ccccn2)cc1)NC(=O)[C@@H]1CCCN1S(=O)(=O)c1cc(Cl)cc(Cl)c1. The quantitative estimate of drug-likeness (QED) is 0.374. The molecule has 0 spiro atoms. The zero-order valence-electron chi connectivity index (χ0n) is 20.1. The summed E-state index contributed by atoms with van der Waals surface area (Å²) >= 11 is 12.0. The summed E-state index contributed by atoms with van der Waals surface area (Å²) in [5.41, 5.74) is 1.43. The molecule has 2 heterocycles. The van der Waals surface area contributed by atoms with Gasteiger partial charge in [-0.25, -0.2) is 13.2 Å². The number of nitrogens with zero attached hydrogens (tertiary/aromatic N) is 2. The van der Waals surface area contributed by atoms with E-state index in [1.807, 2.05) is 18.2 Å². The topological polar surface area (TPSA) is 126 Å². The number of carbonyl (C=O) groups is 2. The first-order chi connectivity index (χ1) is 18.1. The fourth-order valence-corrected chi connectivity index (χ4v) is 6.55. The van der Waals surface area contributed by atoms with E-state index in [9.17, 15) is 23.1 Å². The van der Waals surface area contributed by atoms with E-state index < -0.39 is 34.0 Å². The number of aromatic nitrogens is 1. The molecule has 0 bridgehead atoms. The molecule has 0 unspecified atom stereocenters. The summed E-state index contributed by atoms with van der Waals surface area (Å²) in [6.45, 7) is 0.401. The van der Waals surface area contributed by atoms with Gasteiger partial charge in [0.2, 0.25) is 15.9 Å². The molecule has 1 aromatic heterocycles. The molecule has 9 nitrogen and oxygen atoms in total. The van der Waals surface area contributed by atoms with Crippen molar-refractivity contribution in [2.75, 3.05) is 6.54 Å². The number of halogens is 2. The minimum atomic E-state index is -4.09. The summed E-state index contributed by atoms with van der Waals surface area (Å²) in [5.74, 6) is -1.33. The molecule has 200 valence electrons. The average molecular weight is 578 g/mol. The first kappa shape index (κ1) is 27.8. The normalized spacial score (nSPS) is 16.6. The van der Waals surface area contributed by atoms with Gasteiger partial charge in [-0.15, -0.1) is 0 Å². The smallest absolute Gasteiger partial charge is 0.326 e. The van der Waals surface area contributed by atoms with Crippen LogP contribution in [0, 0.1) is 0 Å². The minimum Gasteiger partial charge on any atom is -0.487 e. The van der Waals surface area contributed by atoms with Gasteiger partial charge in [-0.3, -0.25) is 9.78 Å². The number of carboxylic acid groups (broad SMARTS) is 1. The van der Waals surface area contributed by atoms with Gasteiger partial charge in [0.15, 0.2) is 0 Å². The van der Waals surface area contributed by atoms with Crippen molar-refractivity contribution in [2.45, 2.75) is 42.8 Å². The number of amides is 1. The fourth-order valence-electron chi connectivity index (χ4n) is 4.17. The van der Waals surface area contributed by atoms with Crippen LogP contribution in [0.4, 0.5) is 0 Å². The summed E-state index contributed by atoms with van der Waals surface area (Å²) in [6, 6.07) is 14.0. The maximum atomic E-state index is 13.2. The third kappa shape index (κ3) is 6.82. The van der Waals surface area contributed by atoms with Crippen LogP contribution < -0.4 is 10.1 Å². The number of hydrogen-bond acceptors (Lipinski definition) is 6. The van der Waals surface area contributed by atoms with Gasteiger partial charge in [0, 0.05) is 29.2 Å². The van der Waals surface area contributed by atoms with Crippen molar-refractivity contribution >= 4 is 45.1 Å². The Kier molecular flexibility index (Phi) is 8.88. The van der Waals surface area contributed by atoms with Gasteiger partial charge < -0.3 is 15.2 Å². The van der Waals surface area contributed by atoms with Crippen LogP contribution in [0.3, 0.4) is 0 Å². The Bertz CT molecular complexity index is 1380. The lowest BCUT2D eigenvalue weighted by molar-refractivity contribution is -0.142. The lowest BCUT2D eigenvalue weighted by Crippen LogP contribution is -2.51. The second-order valence-corrected chi connectivity index (χ2v) is 11.5. The molecule has 0 saturated carbocycles. The number of carboxylic acids is 1. The van der Waals surface area contributed by atoms with Crippen LogP contribution in [0.25, 0.3) is 0 Å². The van der Waals surface area contributed by atoms with Crippen LogP contribution >= 0.6 is 23.2 Å². The number of sulfonamides is 1. The monoisotopic (exact) mass is 577 g/mol.